The van der Waals surface area contributed by atoms with Crippen LogP contribution >= 0.6 is 35.3 Å². The summed E-state index contributed by atoms with van der Waals surface area (Å²) in [4.78, 5) is 0. The van der Waals surface area contributed by atoms with Gasteiger partial charge in [-0.15, -0.1) is 11.8 Å². The fraction of sp³-hybridized carbons (Fsp3) is 1.00. The number of morpholine rings is 1. The molecule has 9 N–H and O–H groups in total. The summed E-state index contributed by atoms with van der Waals surface area (Å²) in [5.41, 5.74) is 0. The Morgan fingerprint density at radius 1 is 0.173 bits per heavy atom. The largest absolute Gasteiger partial charge is 0.381 e. The highest BCUT2D eigenvalue weighted by atomic mass is 32.2. The van der Waals surface area contributed by atoms with Gasteiger partial charge in [0.05, 0.1) is 33.0 Å². The van der Waals surface area contributed by atoms with Gasteiger partial charge in [0.2, 0.25) is 0 Å². The maximum atomic E-state index is 5.13. The van der Waals surface area contributed by atoms with Crippen LogP contribution in [0.25, 0.3) is 0 Å². The van der Waals surface area contributed by atoms with Gasteiger partial charge in [-0.3, -0.25) is 0 Å². The second-order valence-corrected chi connectivity index (χ2v) is 23.3. The molecule has 13 aliphatic heterocycles. The molecule has 13 heterocycles. The van der Waals surface area contributed by atoms with E-state index in [0.717, 1.165) is 118 Å². The molecule has 13 rings (SSSR count). The lowest BCUT2D eigenvalue weighted by molar-refractivity contribution is 0.0692. The Bertz CT molecular complexity index is 665. The van der Waals surface area contributed by atoms with Crippen molar-refractivity contribution in [2.75, 3.05) is 219 Å². The first-order valence-electron chi connectivity index (χ1n) is 31.1. The maximum Gasteiger partial charge on any atom is 0.146 e. The summed E-state index contributed by atoms with van der Waals surface area (Å²) in [6.45, 7) is 29.6. The molecule has 13 saturated heterocycles. The van der Waals surface area contributed by atoms with E-state index < -0.39 is 0 Å². The van der Waals surface area contributed by atoms with Crippen molar-refractivity contribution in [2.45, 2.75) is 148 Å². The molecule has 18 heteroatoms. The number of hydrogen-bond acceptors (Lipinski definition) is 18. The molecule has 0 radical (unpaired) electrons. The van der Waals surface area contributed by atoms with Crippen LogP contribution in [0.4, 0.5) is 0 Å². The van der Waals surface area contributed by atoms with Crippen molar-refractivity contribution in [3.05, 3.63) is 0 Å². The van der Waals surface area contributed by atoms with Gasteiger partial charge in [-0.1, -0.05) is 32.1 Å². The molecule has 0 bridgehead atoms. The molecule has 0 unspecified atom stereocenters. The summed E-state index contributed by atoms with van der Waals surface area (Å²) in [7, 11) is 0. The van der Waals surface area contributed by atoms with Crippen LogP contribution in [0.5, 0.6) is 0 Å². The zero-order valence-corrected chi connectivity index (χ0v) is 50.9. The Kier molecular flexibility index (Phi) is 69.1. The topological polar surface area (TPSA) is 164 Å². The first kappa shape index (κ1) is 73.5. The fourth-order valence-electron chi connectivity index (χ4n) is 8.05. The number of ether oxygens (including phenoxy) is 6. The Hall–Kier alpha value is 0.450. The van der Waals surface area contributed by atoms with Gasteiger partial charge in [-0.25, -0.2) is 0 Å². The van der Waals surface area contributed by atoms with E-state index in [0.29, 0.717) is 6.79 Å². The van der Waals surface area contributed by atoms with E-state index in [-0.39, 0.29) is 0 Å². The van der Waals surface area contributed by atoms with Gasteiger partial charge >= 0.3 is 0 Å². The van der Waals surface area contributed by atoms with Crippen molar-refractivity contribution >= 4 is 35.3 Å². The zero-order chi connectivity index (χ0) is 53.0. The molecular formula is C57H123N9O6S3. The molecule has 0 spiro atoms. The molecule has 15 nitrogen and oxygen atoms in total. The van der Waals surface area contributed by atoms with Crippen molar-refractivity contribution in [1.29, 1.82) is 0 Å². The molecule has 0 aromatic heterocycles. The summed E-state index contributed by atoms with van der Waals surface area (Å²) >= 11 is 6.13. The van der Waals surface area contributed by atoms with Gasteiger partial charge in [0.1, 0.15) is 6.79 Å². The minimum atomic E-state index is 0.500. The lowest BCUT2D eigenvalue weighted by Crippen LogP contribution is -2.39. The quantitative estimate of drug-likeness (QED) is 0.117. The van der Waals surface area contributed by atoms with E-state index in [1.807, 2.05) is 11.8 Å². The molecule has 0 aromatic rings. The number of nitrogens with one attached hydrogen (secondary N) is 9. The Morgan fingerprint density at radius 3 is 0.733 bits per heavy atom. The van der Waals surface area contributed by atoms with E-state index in [1.54, 1.807) is 0 Å². The van der Waals surface area contributed by atoms with Crippen molar-refractivity contribution in [1.82, 2.24) is 47.9 Å². The summed E-state index contributed by atoms with van der Waals surface area (Å²) in [5.74, 6) is 8.14. The Labute approximate surface area is 475 Å². The average molecular weight is 1130 g/mol. The number of piperidine rings is 2. The molecular weight excluding hydrogens is 1000 g/mol. The van der Waals surface area contributed by atoms with Crippen LogP contribution in [0.2, 0.25) is 0 Å². The minimum Gasteiger partial charge on any atom is -0.381 e. The molecule has 75 heavy (non-hydrogen) atoms. The third-order valence-corrected chi connectivity index (χ3v) is 15.9. The summed E-state index contributed by atoms with van der Waals surface area (Å²) < 4.78 is 29.6. The van der Waals surface area contributed by atoms with Crippen molar-refractivity contribution < 1.29 is 28.4 Å². The molecule has 13 fully saturated rings. The molecule has 450 valence electrons. The predicted octanol–water partition coefficient (Wildman–Crippen LogP) is 7.49. The minimum absolute atomic E-state index is 0.500. The monoisotopic (exact) mass is 1130 g/mol. The van der Waals surface area contributed by atoms with Gasteiger partial charge in [-0.2, -0.15) is 23.5 Å². The maximum absolute atomic E-state index is 5.13. The van der Waals surface area contributed by atoms with Crippen molar-refractivity contribution in [2.24, 2.45) is 0 Å². The van der Waals surface area contributed by atoms with Crippen LogP contribution in [0.15, 0.2) is 0 Å². The third kappa shape index (κ3) is 68.6. The fourth-order valence-corrected chi connectivity index (χ4v) is 10.8. The van der Waals surface area contributed by atoms with Crippen molar-refractivity contribution in [3.8, 4) is 0 Å². The lowest BCUT2D eigenvalue weighted by atomic mass is 10.2. The van der Waals surface area contributed by atoms with Crippen LogP contribution < -0.4 is 47.9 Å². The summed E-state index contributed by atoms with van der Waals surface area (Å²) in [5, 5.41) is 29.2. The molecule has 0 amide bonds. The second-order valence-electron chi connectivity index (χ2n) is 19.8. The van der Waals surface area contributed by atoms with Crippen LogP contribution in [0.1, 0.15) is 148 Å². The average Bonchev–Trinajstić information content (AvgIpc) is 4.40. The van der Waals surface area contributed by atoms with Crippen LogP contribution in [-0.4, -0.2) is 219 Å². The highest BCUT2D eigenvalue weighted by Crippen LogP contribution is 2.15. The number of hydrogen-bond donors (Lipinski definition) is 9. The lowest BCUT2D eigenvalue weighted by Gasteiger charge is -2.11. The first-order chi connectivity index (χ1) is 37.5. The van der Waals surface area contributed by atoms with Gasteiger partial charge in [-0.05, 0) is 197 Å². The van der Waals surface area contributed by atoms with Crippen LogP contribution in [0, 0.1) is 0 Å². The molecule has 0 atom stereocenters. The molecule has 0 aliphatic carbocycles. The number of thioether (sulfide) groups is 3. The zero-order valence-electron chi connectivity index (χ0n) is 48.5. The molecule has 13 aliphatic rings. The van der Waals surface area contributed by atoms with Crippen molar-refractivity contribution in [3.63, 3.8) is 0 Å². The van der Waals surface area contributed by atoms with Crippen LogP contribution in [-0.2, 0) is 28.4 Å². The summed E-state index contributed by atoms with van der Waals surface area (Å²) in [6, 6.07) is 0. The number of rotatable bonds is 0. The standard InChI is InChI=1S/C6H13N.C5H11NO.2C5H11N.C5H10O.C5H10S.C4H10N2.C4H9NO.C4H9N.C4H8O.C4H8S.C3H7NS.C3H6O2/c1-2-4-6-7-5-3-1;1-2-6-3-5-7-4-1;4*1-2-4-6-5-3-1;1-2-6-4-3-5-1;1-3-6-4-2-5-1;3*1-2-4-5-3-1;2*1-2-5-3-4-1/h7H,1-6H2;6H,1-5H2;2*6H,1-5H2;2*1-5H2;5-6H,1-4H2;5H,1-4H2;5H,1-4H2;2*1-4H2;4H,1-3H2;1-3H2. The van der Waals surface area contributed by atoms with Gasteiger partial charge < -0.3 is 76.3 Å². The van der Waals surface area contributed by atoms with E-state index >= 15 is 0 Å². The molecule has 0 aromatic carbocycles. The second kappa shape index (κ2) is 70.6. The van der Waals surface area contributed by atoms with Gasteiger partial charge in [0.25, 0.3) is 0 Å². The Morgan fingerprint density at radius 2 is 0.467 bits per heavy atom. The normalized spacial score (nSPS) is 24.0. The SMILES string of the molecule is C1CCCNCC1.C1CCNC1.C1CCNCC1.C1CCNCC1.C1CCOC1.C1CCOCC1.C1CCSC1.C1CCSCC1.C1CNCCN1.C1CNCCOC1.C1COCCN1.C1COCO1.C1CSCN1. The first-order valence-corrected chi connectivity index (χ1v) is 34.5. The van der Waals surface area contributed by atoms with Gasteiger partial charge in [0.15, 0.2) is 0 Å². The van der Waals surface area contributed by atoms with E-state index in [9.17, 15) is 0 Å². The predicted molar refractivity (Wildman–Crippen MR) is 329 cm³/mol. The summed E-state index contributed by atoms with van der Waals surface area (Å²) in [6.07, 6.45) is 31.8. The highest BCUT2D eigenvalue weighted by Gasteiger charge is 2.00. The van der Waals surface area contributed by atoms with E-state index in [1.165, 1.54) is 241 Å². The highest BCUT2D eigenvalue weighted by molar-refractivity contribution is 7.99. The third-order valence-electron chi connectivity index (χ3n) is 12.7. The Balaban J connectivity index is 0.000000407. The van der Waals surface area contributed by atoms with E-state index in [2.05, 4.69) is 71.4 Å². The number of piperazine rings is 1. The molecule has 0 saturated carbocycles. The van der Waals surface area contributed by atoms with E-state index in [4.69, 9.17) is 28.4 Å². The van der Waals surface area contributed by atoms with Crippen LogP contribution in [0.3, 0.4) is 0 Å². The van der Waals surface area contributed by atoms with Gasteiger partial charge in [0, 0.05) is 97.0 Å². The smallest absolute Gasteiger partial charge is 0.146 e.